The van der Waals surface area contributed by atoms with Crippen LogP contribution >= 0.6 is 0 Å². The molecule has 0 aliphatic heterocycles. The lowest BCUT2D eigenvalue weighted by Crippen LogP contribution is -2.11. The molecule has 0 fully saturated rings. The highest BCUT2D eigenvalue weighted by molar-refractivity contribution is 5.40. The van der Waals surface area contributed by atoms with Crippen molar-refractivity contribution in [3.05, 3.63) is 53.6 Å². The van der Waals surface area contributed by atoms with Crippen LogP contribution in [-0.4, -0.2) is 17.1 Å². The first-order valence-electron chi connectivity index (χ1n) is 5.95. The largest absolute Gasteiger partial charge is 0.396 e. The lowest BCUT2D eigenvalue weighted by atomic mass is 10.1. The Balaban J connectivity index is 2.39. The summed E-state index contributed by atoms with van der Waals surface area (Å²) in [6, 6.07) is 9.91. The molecule has 0 amide bonds. The quantitative estimate of drug-likeness (QED) is 0.895. The van der Waals surface area contributed by atoms with Gasteiger partial charge in [0.2, 0.25) is 0 Å². The number of ether oxygens (including phenoxy) is 1. The van der Waals surface area contributed by atoms with Crippen molar-refractivity contribution in [3.63, 3.8) is 0 Å². The maximum absolute atomic E-state index is 5.81. The van der Waals surface area contributed by atoms with Crippen LogP contribution in [0.5, 0.6) is 0 Å². The molecule has 1 heterocycles. The molecule has 1 aromatic heterocycles. The summed E-state index contributed by atoms with van der Waals surface area (Å²) in [6.07, 6.45) is 2.18. The van der Waals surface area contributed by atoms with E-state index in [2.05, 4.69) is 9.97 Å². The average Bonchev–Trinajstić information content (AvgIpc) is 2.42. The van der Waals surface area contributed by atoms with E-state index in [0.29, 0.717) is 11.5 Å². The van der Waals surface area contributed by atoms with Gasteiger partial charge in [-0.2, -0.15) is 0 Å². The van der Waals surface area contributed by atoms with Crippen LogP contribution in [0.25, 0.3) is 0 Å². The van der Waals surface area contributed by atoms with E-state index in [1.807, 2.05) is 37.3 Å². The third-order valence-corrected chi connectivity index (χ3v) is 2.83. The minimum atomic E-state index is -0.253. The number of nitrogens with two attached hydrogens (primary N) is 1. The number of aromatic nitrogens is 2. The second-order valence-corrected chi connectivity index (χ2v) is 4.01. The summed E-state index contributed by atoms with van der Waals surface area (Å²) in [4.78, 5) is 8.75. The predicted octanol–water partition coefficient (Wildman–Crippen LogP) is 2.36. The number of nitrogen functional groups attached to an aromatic ring is 1. The standard InChI is InChI=1S/C14H17N3O/c1-3-12-11(15)9-16-14(17-12)13(18-2)10-7-5-4-6-8-10/h4-9,13H,3,15H2,1-2H3. The molecule has 2 rings (SSSR count). The lowest BCUT2D eigenvalue weighted by molar-refractivity contribution is 0.129. The second-order valence-electron chi connectivity index (χ2n) is 4.01. The van der Waals surface area contributed by atoms with Gasteiger partial charge in [0.15, 0.2) is 5.82 Å². The van der Waals surface area contributed by atoms with Gasteiger partial charge in [0.25, 0.3) is 0 Å². The fraction of sp³-hybridized carbons (Fsp3) is 0.286. The van der Waals surface area contributed by atoms with E-state index in [-0.39, 0.29) is 6.10 Å². The molecule has 94 valence electrons. The summed E-state index contributed by atoms with van der Waals surface area (Å²) in [6.45, 7) is 2.02. The molecule has 0 spiro atoms. The Hall–Kier alpha value is -1.94. The maximum atomic E-state index is 5.81. The molecule has 18 heavy (non-hydrogen) atoms. The van der Waals surface area contributed by atoms with Gasteiger partial charge in [-0.25, -0.2) is 9.97 Å². The monoisotopic (exact) mass is 243 g/mol. The molecule has 4 nitrogen and oxygen atoms in total. The van der Waals surface area contributed by atoms with Crippen LogP contribution in [0.2, 0.25) is 0 Å². The van der Waals surface area contributed by atoms with Gasteiger partial charge in [0.05, 0.1) is 17.6 Å². The lowest BCUT2D eigenvalue weighted by Gasteiger charge is -2.15. The van der Waals surface area contributed by atoms with Gasteiger partial charge >= 0.3 is 0 Å². The van der Waals surface area contributed by atoms with Gasteiger partial charge in [-0.15, -0.1) is 0 Å². The Labute approximate surface area is 107 Å². The van der Waals surface area contributed by atoms with Gasteiger partial charge in [-0.05, 0) is 12.0 Å². The van der Waals surface area contributed by atoms with Crippen LogP contribution < -0.4 is 5.73 Å². The van der Waals surface area contributed by atoms with E-state index in [9.17, 15) is 0 Å². The highest BCUT2D eigenvalue weighted by Gasteiger charge is 2.17. The Morgan fingerprint density at radius 1 is 1.28 bits per heavy atom. The Morgan fingerprint density at radius 2 is 2.00 bits per heavy atom. The molecule has 1 aromatic carbocycles. The van der Waals surface area contributed by atoms with Crippen molar-refractivity contribution in [2.24, 2.45) is 0 Å². The summed E-state index contributed by atoms with van der Waals surface area (Å²) >= 11 is 0. The van der Waals surface area contributed by atoms with Gasteiger partial charge in [0.1, 0.15) is 6.10 Å². The molecule has 0 aliphatic carbocycles. The van der Waals surface area contributed by atoms with Crippen molar-refractivity contribution in [2.45, 2.75) is 19.4 Å². The number of aryl methyl sites for hydroxylation is 1. The summed E-state index contributed by atoms with van der Waals surface area (Å²) in [5, 5.41) is 0. The van der Waals surface area contributed by atoms with Crippen LogP contribution in [0, 0.1) is 0 Å². The smallest absolute Gasteiger partial charge is 0.162 e. The van der Waals surface area contributed by atoms with E-state index in [1.165, 1.54) is 0 Å². The minimum absolute atomic E-state index is 0.253. The molecular weight excluding hydrogens is 226 g/mol. The van der Waals surface area contributed by atoms with Crippen molar-refractivity contribution in [1.29, 1.82) is 0 Å². The van der Waals surface area contributed by atoms with Crippen LogP contribution in [0.3, 0.4) is 0 Å². The van der Waals surface area contributed by atoms with Crippen molar-refractivity contribution in [1.82, 2.24) is 9.97 Å². The summed E-state index contributed by atoms with van der Waals surface area (Å²) in [7, 11) is 1.66. The van der Waals surface area contributed by atoms with Gasteiger partial charge in [-0.3, -0.25) is 0 Å². The average molecular weight is 243 g/mol. The maximum Gasteiger partial charge on any atom is 0.162 e. The van der Waals surface area contributed by atoms with Crippen molar-refractivity contribution < 1.29 is 4.74 Å². The van der Waals surface area contributed by atoms with Gasteiger partial charge < -0.3 is 10.5 Å². The summed E-state index contributed by atoms with van der Waals surface area (Å²) < 4.78 is 5.50. The molecular formula is C14H17N3O. The number of anilines is 1. The predicted molar refractivity (Wildman–Crippen MR) is 71.1 cm³/mol. The van der Waals surface area contributed by atoms with Crippen LogP contribution in [0.4, 0.5) is 5.69 Å². The third kappa shape index (κ3) is 2.49. The zero-order valence-electron chi connectivity index (χ0n) is 10.6. The minimum Gasteiger partial charge on any atom is -0.396 e. The molecule has 0 aliphatic rings. The summed E-state index contributed by atoms with van der Waals surface area (Å²) in [5.41, 5.74) is 8.34. The number of nitrogens with zero attached hydrogens (tertiary/aromatic N) is 2. The number of rotatable bonds is 4. The normalized spacial score (nSPS) is 12.3. The first kappa shape index (κ1) is 12.5. The van der Waals surface area contributed by atoms with E-state index < -0.39 is 0 Å². The number of benzene rings is 1. The van der Waals surface area contributed by atoms with Gasteiger partial charge in [0, 0.05) is 7.11 Å². The molecule has 0 bridgehead atoms. The fourth-order valence-corrected chi connectivity index (χ4v) is 1.87. The van der Waals surface area contributed by atoms with Crippen LogP contribution in [0.1, 0.15) is 30.1 Å². The first-order valence-corrected chi connectivity index (χ1v) is 5.95. The molecule has 1 atom stereocenters. The van der Waals surface area contributed by atoms with Crippen molar-refractivity contribution in [2.75, 3.05) is 12.8 Å². The number of hydrogen-bond donors (Lipinski definition) is 1. The Bertz CT molecular complexity index is 514. The van der Waals surface area contributed by atoms with Crippen molar-refractivity contribution >= 4 is 5.69 Å². The molecule has 4 heteroatoms. The highest BCUT2D eigenvalue weighted by Crippen LogP contribution is 2.23. The van der Waals surface area contributed by atoms with E-state index in [1.54, 1.807) is 13.3 Å². The zero-order chi connectivity index (χ0) is 13.0. The van der Waals surface area contributed by atoms with E-state index in [4.69, 9.17) is 10.5 Å². The van der Waals surface area contributed by atoms with E-state index >= 15 is 0 Å². The SMILES string of the molecule is CCc1nc(C(OC)c2ccccc2)ncc1N. The molecule has 1 unspecified atom stereocenters. The fourth-order valence-electron chi connectivity index (χ4n) is 1.87. The van der Waals surface area contributed by atoms with E-state index in [0.717, 1.165) is 17.7 Å². The molecule has 0 saturated heterocycles. The molecule has 0 radical (unpaired) electrons. The molecule has 2 N–H and O–H groups in total. The zero-order valence-corrected chi connectivity index (χ0v) is 10.6. The van der Waals surface area contributed by atoms with Crippen LogP contribution in [-0.2, 0) is 11.2 Å². The van der Waals surface area contributed by atoms with Crippen molar-refractivity contribution in [3.8, 4) is 0 Å². The van der Waals surface area contributed by atoms with Crippen LogP contribution in [0.15, 0.2) is 36.5 Å². The third-order valence-electron chi connectivity index (χ3n) is 2.83. The van der Waals surface area contributed by atoms with Gasteiger partial charge in [-0.1, -0.05) is 37.3 Å². The number of methoxy groups -OCH3 is 1. The molecule has 0 saturated carbocycles. The summed E-state index contributed by atoms with van der Waals surface area (Å²) in [5.74, 6) is 0.648. The Kier molecular flexibility index (Phi) is 3.89. The topological polar surface area (TPSA) is 61.0 Å². The first-order chi connectivity index (χ1) is 8.76. The number of hydrogen-bond acceptors (Lipinski definition) is 4. The Morgan fingerprint density at radius 3 is 2.61 bits per heavy atom. The molecule has 2 aromatic rings. The highest BCUT2D eigenvalue weighted by atomic mass is 16.5. The second kappa shape index (κ2) is 5.60.